The van der Waals surface area contributed by atoms with Gasteiger partial charge >= 0.3 is 0 Å². The number of sulfone groups is 1. The molecule has 0 spiro atoms. The summed E-state index contributed by atoms with van der Waals surface area (Å²) in [5.74, 6) is -0.176. The van der Waals surface area contributed by atoms with Gasteiger partial charge in [-0.1, -0.05) is 13.8 Å². The first-order chi connectivity index (χ1) is 6.74. The highest BCUT2D eigenvalue weighted by Crippen LogP contribution is 2.06. The number of halogens is 1. The number of amides is 1. The smallest absolute Gasteiger partial charge is 0.235 e. The molecule has 0 aromatic carbocycles. The maximum Gasteiger partial charge on any atom is 0.235 e. The Balaban J connectivity index is 4.38. The first-order valence-electron chi connectivity index (χ1n) is 4.77. The minimum Gasteiger partial charge on any atom is -0.351 e. The van der Waals surface area contributed by atoms with E-state index in [1.165, 1.54) is 0 Å². The van der Waals surface area contributed by atoms with E-state index in [2.05, 4.69) is 5.32 Å². The van der Waals surface area contributed by atoms with Crippen LogP contribution >= 0.6 is 11.6 Å². The lowest BCUT2D eigenvalue weighted by Gasteiger charge is -2.19. The summed E-state index contributed by atoms with van der Waals surface area (Å²) in [4.78, 5) is 11.1. The summed E-state index contributed by atoms with van der Waals surface area (Å²) in [6.07, 6.45) is 1.79. The second kappa shape index (κ2) is 6.33. The second-order valence-electron chi connectivity index (χ2n) is 4.12. The van der Waals surface area contributed by atoms with E-state index in [4.69, 9.17) is 11.6 Å². The molecule has 0 saturated carbocycles. The quantitative estimate of drug-likeness (QED) is 0.714. The van der Waals surface area contributed by atoms with Gasteiger partial charge in [-0.2, -0.15) is 0 Å². The van der Waals surface area contributed by atoms with Crippen LogP contribution in [0.3, 0.4) is 0 Å². The third-order valence-electron chi connectivity index (χ3n) is 1.75. The van der Waals surface area contributed by atoms with Crippen molar-refractivity contribution in [2.75, 3.05) is 17.9 Å². The van der Waals surface area contributed by atoms with Gasteiger partial charge < -0.3 is 5.32 Å². The highest BCUT2D eigenvalue weighted by atomic mass is 35.5. The predicted octanol–water partition coefficient (Wildman–Crippen LogP) is 0.801. The van der Waals surface area contributed by atoms with Gasteiger partial charge in [0.2, 0.25) is 5.91 Å². The predicted molar refractivity (Wildman–Crippen MR) is 61.8 cm³/mol. The molecule has 0 heterocycles. The molecule has 0 aromatic rings. The zero-order valence-electron chi connectivity index (χ0n) is 9.29. The fraction of sp³-hybridized carbons (Fsp3) is 0.889. The highest BCUT2D eigenvalue weighted by molar-refractivity contribution is 7.90. The third-order valence-corrected chi connectivity index (χ3v) is 3.00. The van der Waals surface area contributed by atoms with Crippen molar-refractivity contribution in [2.24, 2.45) is 5.92 Å². The summed E-state index contributed by atoms with van der Waals surface area (Å²) in [5, 5.41) is 2.60. The number of hydrogen-bond donors (Lipinski definition) is 1. The first kappa shape index (κ1) is 14.7. The zero-order chi connectivity index (χ0) is 12.1. The molecule has 0 aliphatic carbocycles. The van der Waals surface area contributed by atoms with E-state index in [0.717, 1.165) is 6.26 Å². The van der Waals surface area contributed by atoms with E-state index < -0.39 is 9.84 Å². The van der Waals surface area contributed by atoms with Crippen molar-refractivity contribution in [1.29, 1.82) is 0 Å². The van der Waals surface area contributed by atoms with E-state index in [-0.39, 0.29) is 23.6 Å². The highest BCUT2D eigenvalue weighted by Gasteiger charge is 2.18. The van der Waals surface area contributed by atoms with Crippen LogP contribution < -0.4 is 5.32 Å². The molecule has 1 N–H and O–H groups in total. The molecule has 0 saturated heterocycles. The standard InChI is InChI=1S/C9H18ClNO3S/c1-7(2)4-8(6-15(3,13)14)11-9(12)5-10/h7-8H,4-6H2,1-3H3,(H,11,12)/t8-/m1/s1. The van der Waals surface area contributed by atoms with Gasteiger partial charge in [0.1, 0.15) is 15.7 Å². The fourth-order valence-electron chi connectivity index (χ4n) is 1.37. The molecule has 0 unspecified atom stereocenters. The molecule has 0 rings (SSSR count). The average Bonchev–Trinajstić information content (AvgIpc) is 1.99. The Bertz CT molecular complexity index is 300. The van der Waals surface area contributed by atoms with Crippen molar-refractivity contribution in [1.82, 2.24) is 5.32 Å². The van der Waals surface area contributed by atoms with E-state index in [1.54, 1.807) is 0 Å². The molecular weight excluding hydrogens is 238 g/mol. The molecule has 0 aliphatic rings. The van der Waals surface area contributed by atoms with Crippen LogP contribution in [0.2, 0.25) is 0 Å². The minimum absolute atomic E-state index is 0.0339. The molecule has 0 radical (unpaired) electrons. The molecule has 4 nitrogen and oxygen atoms in total. The van der Waals surface area contributed by atoms with Crippen molar-refractivity contribution in [3.05, 3.63) is 0 Å². The van der Waals surface area contributed by atoms with E-state index in [1.807, 2.05) is 13.8 Å². The summed E-state index contributed by atoms with van der Waals surface area (Å²) < 4.78 is 22.2. The Morgan fingerprint density at radius 2 is 1.93 bits per heavy atom. The van der Waals surface area contributed by atoms with Gasteiger partial charge in [0.05, 0.1) is 5.75 Å². The summed E-state index contributed by atoms with van der Waals surface area (Å²) in [5.41, 5.74) is 0. The SMILES string of the molecule is CC(C)C[C@H](CS(C)(=O)=O)NC(=O)CCl. The lowest BCUT2D eigenvalue weighted by atomic mass is 10.1. The molecule has 1 atom stereocenters. The van der Waals surface area contributed by atoms with Crippen LogP contribution in [0, 0.1) is 5.92 Å². The number of alkyl halides is 1. The minimum atomic E-state index is -3.08. The average molecular weight is 256 g/mol. The van der Waals surface area contributed by atoms with Crippen LogP contribution in [-0.4, -0.2) is 38.3 Å². The maximum absolute atomic E-state index is 11.1. The molecule has 6 heteroatoms. The summed E-state index contributed by atoms with van der Waals surface area (Å²) in [6.45, 7) is 3.95. The molecular formula is C9H18ClNO3S. The van der Waals surface area contributed by atoms with Crippen LogP contribution in [0.15, 0.2) is 0 Å². The number of rotatable bonds is 6. The topological polar surface area (TPSA) is 63.2 Å². The Morgan fingerprint density at radius 1 is 1.40 bits per heavy atom. The van der Waals surface area contributed by atoms with Crippen molar-refractivity contribution in [3.8, 4) is 0 Å². The van der Waals surface area contributed by atoms with Gasteiger partial charge in [0.15, 0.2) is 0 Å². The number of nitrogens with one attached hydrogen (secondary N) is 1. The molecule has 0 aliphatic heterocycles. The molecule has 15 heavy (non-hydrogen) atoms. The van der Waals surface area contributed by atoms with Gasteiger partial charge in [-0.05, 0) is 12.3 Å². The molecule has 0 bridgehead atoms. The van der Waals surface area contributed by atoms with Crippen LogP contribution in [0.25, 0.3) is 0 Å². The van der Waals surface area contributed by atoms with Gasteiger partial charge in [0, 0.05) is 12.3 Å². The normalized spacial score (nSPS) is 13.9. The van der Waals surface area contributed by atoms with Gasteiger partial charge in [-0.3, -0.25) is 4.79 Å². The Kier molecular flexibility index (Phi) is 6.20. The van der Waals surface area contributed by atoms with Crippen molar-refractivity contribution in [3.63, 3.8) is 0 Å². The van der Waals surface area contributed by atoms with Crippen LogP contribution in [0.5, 0.6) is 0 Å². The Hall–Kier alpha value is -0.290. The summed E-state index contributed by atoms with van der Waals surface area (Å²) in [7, 11) is -3.08. The van der Waals surface area contributed by atoms with E-state index >= 15 is 0 Å². The Morgan fingerprint density at radius 3 is 2.27 bits per heavy atom. The number of carbonyl (C=O) groups excluding carboxylic acids is 1. The maximum atomic E-state index is 11.1. The van der Waals surface area contributed by atoms with Crippen LogP contribution in [0.1, 0.15) is 20.3 Å². The van der Waals surface area contributed by atoms with Gasteiger partial charge in [-0.15, -0.1) is 11.6 Å². The summed E-state index contributed by atoms with van der Waals surface area (Å²) in [6, 6.07) is -0.341. The van der Waals surface area contributed by atoms with Crippen molar-refractivity contribution >= 4 is 27.3 Å². The lowest BCUT2D eigenvalue weighted by molar-refractivity contribution is -0.119. The number of carbonyl (C=O) groups is 1. The molecule has 0 aromatic heterocycles. The van der Waals surface area contributed by atoms with E-state index in [0.29, 0.717) is 12.3 Å². The van der Waals surface area contributed by atoms with Gasteiger partial charge in [-0.25, -0.2) is 8.42 Å². The van der Waals surface area contributed by atoms with Gasteiger partial charge in [0.25, 0.3) is 0 Å². The summed E-state index contributed by atoms with van der Waals surface area (Å²) >= 11 is 5.34. The van der Waals surface area contributed by atoms with Crippen molar-refractivity contribution in [2.45, 2.75) is 26.3 Å². The molecule has 90 valence electrons. The zero-order valence-corrected chi connectivity index (χ0v) is 10.9. The van der Waals surface area contributed by atoms with Crippen LogP contribution in [-0.2, 0) is 14.6 Å². The van der Waals surface area contributed by atoms with Crippen molar-refractivity contribution < 1.29 is 13.2 Å². The first-order valence-corrected chi connectivity index (χ1v) is 7.37. The van der Waals surface area contributed by atoms with E-state index in [9.17, 15) is 13.2 Å². The largest absolute Gasteiger partial charge is 0.351 e. The molecule has 0 fully saturated rings. The Labute approximate surface area is 96.3 Å². The monoisotopic (exact) mass is 255 g/mol. The van der Waals surface area contributed by atoms with Crippen LogP contribution in [0.4, 0.5) is 0 Å². The fourth-order valence-corrected chi connectivity index (χ4v) is 2.40. The number of hydrogen-bond acceptors (Lipinski definition) is 3. The third kappa shape index (κ3) is 8.69. The lowest BCUT2D eigenvalue weighted by Crippen LogP contribution is -2.41. The molecule has 1 amide bonds. The second-order valence-corrected chi connectivity index (χ2v) is 6.57.